The molecule has 1 aromatic heterocycles. The van der Waals surface area contributed by atoms with Gasteiger partial charge in [-0.25, -0.2) is 9.97 Å². The van der Waals surface area contributed by atoms with Crippen molar-refractivity contribution in [2.45, 2.75) is 20.0 Å². The van der Waals surface area contributed by atoms with Gasteiger partial charge in [0.25, 0.3) is 0 Å². The molecule has 2 aromatic rings. The van der Waals surface area contributed by atoms with Gasteiger partial charge in [0.2, 0.25) is 0 Å². The fraction of sp³-hybridized carbons (Fsp3) is 0.333. The van der Waals surface area contributed by atoms with Crippen LogP contribution >= 0.6 is 11.6 Å². The van der Waals surface area contributed by atoms with Crippen LogP contribution in [0.2, 0.25) is 5.15 Å². The molecule has 0 spiro atoms. The Balaban J connectivity index is 1.90. The van der Waals surface area contributed by atoms with Crippen LogP contribution in [0.25, 0.3) is 0 Å². The second-order valence-electron chi connectivity index (χ2n) is 4.98. The maximum atomic E-state index is 6.02. The number of halogens is 1. The molecule has 20 heavy (non-hydrogen) atoms. The molecule has 1 aliphatic rings. The molecule has 0 fully saturated rings. The van der Waals surface area contributed by atoms with Gasteiger partial charge in [-0.2, -0.15) is 0 Å². The van der Waals surface area contributed by atoms with Gasteiger partial charge in [-0.3, -0.25) is 0 Å². The summed E-state index contributed by atoms with van der Waals surface area (Å²) in [6, 6.07) is 10.2. The van der Waals surface area contributed by atoms with E-state index in [1.54, 1.807) is 6.07 Å². The molecule has 1 aromatic carbocycles. The van der Waals surface area contributed by atoms with E-state index in [0.29, 0.717) is 11.7 Å². The van der Waals surface area contributed by atoms with E-state index in [0.717, 1.165) is 31.2 Å². The van der Waals surface area contributed by atoms with Crippen LogP contribution in [0.5, 0.6) is 0 Å². The molecule has 5 heteroatoms. The van der Waals surface area contributed by atoms with E-state index in [9.17, 15) is 0 Å². The Labute approximate surface area is 123 Å². The molecule has 0 aliphatic carbocycles. The summed E-state index contributed by atoms with van der Waals surface area (Å²) in [6.45, 7) is 5.41. The second-order valence-corrected chi connectivity index (χ2v) is 5.36. The zero-order valence-electron chi connectivity index (χ0n) is 11.4. The average Bonchev–Trinajstić information content (AvgIpc) is 2.61. The number of aryl methyl sites for hydroxylation is 1. The molecule has 2 heterocycles. The lowest BCUT2D eigenvalue weighted by molar-refractivity contribution is 0.679. The number of nitrogens with one attached hydrogen (secondary N) is 1. The van der Waals surface area contributed by atoms with E-state index >= 15 is 0 Å². The highest BCUT2D eigenvalue weighted by Crippen LogP contribution is 2.23. The van der Waals surface area contributed by atoms with E-state index in [2.05, 4.69) is 44.5 Å². The minimum atomic E-state index is 0.508. The zero-order valence-corrected chi connectivity index (χ0v) is 12.2. The summed E-state index contributed by atoms with van der Waals surface area (Å²) in [7, 11) is 0. The quantitative estimate of drug-likeness (QED) is 0.862. The van der Waals surface area contributed by atoms with Gasteiger partial charge in [-0.15, -0.1) is 0 Å². The van der Waals surface area contributed by atoms with Crippen LogP contribution in [0.4, 0.5) is 5.69 Å². The summed E-state index contributed by atoms with van der Waals surface area (Å²) < 4.78 is 0. The van der Waals surface area contributed by atoms with Gasteiger partial charge in [-0.1, -0.05) is 29.8 Å². The van der Waals surface area contributed by atoms with Crippen molar-refractivity contribution in [3.63, 3.8) is 0 Å². The molecule has 3 rings (SSSR count). The first-order valence-electron chi connectivity index (χ1n) is 6.76. The summed E-state index contributed by atoms with van der Waals surface area (Å²) >= 11 is 6.02. The maximum absolute atomic E-state index is 6.02. The average molecular weight is 289 g/mol. The summed E-state index contributed by atoms with van der Waals surface area (Å²) in [4.78, 5) is 11.1. The monoisotopic (exact) mass is 288 g/mol. The Kier molecular flexibility index (Phi) is 3.85. The molecule has 0 saturated heterocycles. The minimum Gasteiger partial charge on any atom is -0.362 e. The number of fused-ring (bicyclic) bond motifs is 1. The SMILES string of the molecule is Cc1cc(Cl)nc(CN2CCNCc3ccccc32)n1. The Morgan fingerprint density at radius 3 is 3.00 bits per heavy atom. The molecule has 1 N–H and O–H groups in total. The van der Waals surface area contributed by atoms with Crippen LogP contribution in [0.15, 0.2) is 30.3 Å². The molecule has 0 amide bonds. The van der Waals surface area contributed by atoms with Crippen LogP contribution in [-0.4, -0.2) is 23.1 Å². The second kappa shape index (κ2) is 5.77. The van der Waals surface area contributed by atoms with Gasteiger partial charge in [0, 0.05) is 31.0 Å². The lowest BCUT2D eigenvalue weighted by atomic mass is 10.1. The fourth-order valence-electron chi connectivity index (χ4n) is 2.52. The molecule has 1 aliphatic heterocycles. The highest BCUT2D eigenvalue weighted by molar-refractivity contribution is 6.29. The predicted octanol–water partition coefficient (Wildman–Crippen LogP) is 2.55. The third-order valence-corrected chi connectivity index (χ3v) is 3.60. The minimum absolute atomic E-state index is 0.508. The van der Waals surface area contributed by atoms with Crippen LogP contribution in [-0.2, 0) is 13.1 Å². The molecule has 104 valence electrons. The summed E-state index contributed by atoms with van der Waals surface area (Å²) in [5.74, 6) is 0.770. The van der Waals surface area contributed by atoms with Crippen LogP contribution in [0.1, 0.15) is 17.1 Å². The topological polar surface area (TPSA) is 41.1 Å². The summed E-state index contributed by atoms with van der Waals surface area (Å²) in [6.07, 6.45) is 0. The largest absolute Gasteiger partial charge is 0.362 e. The standard InChI is InChI=1S/C15H17ClN4/c1-11-8-14(16)19-15(18-11)10-20-7-6-17-9-12-4-2-3-5-13(12)20/h2-5,8,17H,6-7,9-10H2,1H3. The van der Waals surface area contributed by atoms with Crippen molar-refractivity contribution in [1.29, 1.82) is 0 Å². The highest BCUT2D eigenvalue weighted by Gasteiger charge is 2.16. The normalized spacial score (nSPS) is 14.8. The van der Waals surface area contributed by atoms with Gasteiger partial charge in [0.1, 0.15) is 11.0 Å². The Hall–Kier alpha value is -1.65. The fourth-order valence-corrected chi connectivity index (χ4v) is 2.78. The van der Waals surface area contributed by atoms with Crippen molar-refractivity contribution in [3.05, 3.63) is 52.6 Å². The van der Waals surface area contributed by atoms with Crippen molar-refractivity contribution < 1.29 is 0 Å². The smallest absolute Gasteiger partial charge is 0.149 e. The van der Waals surface area contributed by atoms with Crippen molar-refractivity contribution >= 4 is 17.3 Å². The molecular formula is C15H17ClN4. The number of hydrogen-bond donors (Lipinski definition) is 1. The highest BCUT2D eigenvalue weighted by atomic mass is 35.5. The Bertz CT molecular complexity index is 594. The third kappa shape index (κ3) is 2.92. The van der Waals surface area contributed by atoms with Crippen LogP contribution in [0, 0.1) is 6.92 Å². The van der Waals surface area contributed by atoms with Crippen LogP contribution < -0.4 is 10.2 Å². The predicted molar refractivity (Wildman–Crippen MR) is 81.0 cm³/mol. The molecule has 0 atom stereocenters. The summed E-state index contributed by atoms with van der Waals surface area (Å²) in [5.41, 5.74) is 3.46. The number of rotatable bonds is 2. The number of anilines is 1. The van der Waals surface area contributed by atoms with Crippen molar-refractivity contribution in [2.75, 3.05) is 18.0 Å². The first-order chi connectivity index (χ1) is 9.72. The molecule has 4 nitrogen and oxygen atoms in total. The van der Waals surface area contributed by atoms with E-state index in [1.165, 1.54) is 11.3 Å². The lowest BCUT2D eigenvalue weighted by Crippen LogP contribution is -2.29. The van der Waals surface area contributed by atoms with Crippen molar-refractivity contribution in [2.24, 2.45) is 0 Å². The van der Waals surface area contributed by atoms with Gasteiger partial charge >= 0.3 is 0 Å². The molecule has 0 bridgehead atoms. The lowest BCUT2D eigenvalue weighted by Gasteiger charge is -2.23. The van der Waals surface area contributed by atoms with Gasteiger partial charge in [0.15, 0.2) is 0 Å². The van der Waals surface area contributed by atoms with E-state index in [-0.39, 0.29) is 0 Å². The van der Waals surface area contributed by atoms with E-state index in [1.807, 2.05) is 6.92 Å². The van der Waals surface area contributed by atoms with Gasteiger partial charge in [-0.05, 0) is 24.6 Å². The Morgan fingerprint density at radius 2 is 2.15 bits per heavy atom. The number of benzene rings is 1. The van der Waals surface area contributed by atoms with Crippen LogP contribution in [0.3, 0.4) is 0 Å². The number of nitrogens with zero attached hydrogens (tertiary/aromatic N) is 3. The van der Waals surface area contributed by atoms with Gasteiger partial charge in [0.05, 0.1) is 6.54 Å². The zero-order chi connectivity index (χ0) is 13.9. The molecular weight excluding hydrogens is 272 g/mol. The molecule has 0 saturated carbocycles. The third-order valence-electron chi connectivity index (χ3n) is 3.41. The van der Waals surface area contributed by atoms with Gasteiger partial charge < -0.3 is 10.2 Å². The van der Waals surface area contributed by atoms with E-state index in [4.69, 9.17) is 11.6 Å². The first kappa shape index (κ1) is 13.3. The molecule has 0 radical (unpaired) electrons. The molecule has 0 unspecified atom stereocenters. The number of aromatic nitrogens is 2. The first-order valence-corrected chi connectivity index (χ1v) is 7.14. The van der Waals surface area contributed by atoms with E-state index < -0.39 is 0 Å². The maximum Gasteiger partial charge on any atom is 0.149 e. The van der Waals surface area contributed by atoms with Crippen molar-refractivity contribution in [1.82, 2.24) is 15.3 Å². The summed E-state index contributed by atoms with van der Waals surface area (Å²) in [5, 5.41) is 3.94. The number of hydrogen-bond acceptors (Lipinski definition) is 4. The number of para-hydroxylation sites is 1. The van der Waals surface area contributed by atoms with Crippen molar-refractivity contribution in [3.8, 4) is 0 Å². The Morgan fingerprint density at radius 1 is 1.30 bits per heavy atom.